The molecule has 5 nitrogen and oxygen atoms in total. The molecule has 1 aromatic carbocycles. The quantitative estimate of drug-likeness (QED) is 0.881. The summed E-state index contributed by atoms with van der Waals surface area (Å²) < 4.78 is 0. The lowest BCUT2D eigenvalue weighted by Crippen LogP contribution is -2.48. The topological polar surface area (TPSA) is 52.7 Å². The van der Waals surface area contributed by atoms with E-state index in [9.17, 15) is 9.59 Å². The number of amides is 2. The van der Waals surface area contributed by atoms with Crippen LogP contribution in [0.15, 0.2) is 30.3 Å². The van der Waals surface area contributed by atoms with Crippen LogP contribution in [0.5, 0.6) is 0 Å². The summed E-state index contributed by atoms with van der Waals surface area (Å²) in [4.78, 5) is 28.9. The molecule has 26 heavy (non-hydrogen) atoms. The number of likely N-dealkylation sites (tertiary alicyclic amines) is 2. The van der Waals surface area contributed by atoms with Crippen molar-refractivity contribution in [2.75, 3.05) is 26.2 Å². The fourth-order valence-corrected chi connectivity index (χ4v) is 4.16. The van der Waals surface area contributed by atoms with E-state index in [1.54, 1.807) is 0 Å². The van der Waals surface area contributed by atoms with Crippen molar-refractivity contribution < 1.29 is 9.59 Å². The van der Waals surface area contributed by atoms with Gasteiger partial charge in [-0.2, -0.15) is 0 Å². The molecule has 3 atom stereocenters. The molecule has 0 unspecified atom stereocenters. The molecule has 2 heterocycles. The largest absolute Gasteiger partial charge is 0.352 e. The van der Waals surface area contributed by atoms with E-state index in [1.807, 2.05) is 17.9 Å². The number of rotatable bonds is 5. The number of nitrogens with zero attached hydrogens (tertiary/aromatic N) is 2. The Hall–Kier alpha value is -1.88. The van der Waals surface area contributed by atoms with Crippen LogP contribution in [0.1, 0.15) is 51.1 Å². The maximum atomic E-state index is 12.7. The zero-order chi connectivity index (χ0) is 18.5. The number of carbonyl (C=O) groups is 2. The Morgan fingerprint density at radius 1 is 1.15 bits per heavy atom. The molecule has 2 aliphatic rings. The van der Waals surface area contributed by atoms with Gasteiger partial charge >= 0.3 is 0 Å². The van der Waals surface area contributed by atoms with Crippen molar-refractivity contribution in [2.24, 2.45) is 5.92 Å². The van der Waals surface area contributed by atoms with E-state index in [2.05, 4.69) is 41.4 Å². The third-order valence-corrected chi connectivity index (χ3v) is 5.84. The molecule has 0 radical (unpaired) electrons. The Morgan fingerprint density at radius 2 is 1.92 bits per heavy atom. The van der Waals surface area contributed by atoms with Gasteiger partial charge in [-0.15, -0.1) is 0 Å². The van der Waals surface area contributed by atoms with Crippen molar-refractivity contribution in [1.29, 1.82) is 0 Å². The lowest BCUT2D eigenvalue weighted by molar-refractivity contribution is -0.135. The van der Waals surface area contributed by atoms with E-state index < -0.39 is 0 Å². The lowest BCUT2D eigenvalue weighted by atomic mass is 9.96. The van der Waals surface area contributed by atoms with E-state index in [0.717, 1.165) is 38.9 Å². The molecule has 2 fully saturated rings. The van der Waals surface area contributed by atoms with Gasteiger partial charge in [0.25, 0.3) is 0 Å². The highest BCUT2D eigenvalue weighted by Crippen LogP contribution is 2.25. The maximum Gasteiger partial charge on any atom is 0.225 e. The van der Waals surface area contributed by atoms with E-state index in [0.29, 0.717) is 19.0 Å². The van der Waals surface area contributed by atoms with E-state index in [4.69, 9.17) is 0 Å². The molecule has 0 bridgehead atoms. The molecule has 0 aromatic heterocycles. The number of piperidine rings is 1. The van der Waals surface area contributed by atoms with Crippen molar-refractivity contribution in [3.8, 4) is 0 Å². The standard InChI is InChI=1S/C21H31N3O2/c1-3-20(25)24-12-7-10-18(14-24)21(26)22-19-11-13-23(15-19)16(2)17-8-5-4-6-9-17/h4-6,8-9,16,18-19H,3,7,10-15H2,1-2H3,(H,22,26)/t16-,18-,19-/m0/s1. The summed E-state index contributed by atoms with van der Waals surface area (Å²) in [6.45, 7) is 7.39. The first kappa shape index (κ1) is 18.9. The van der Waals surface area contributed by atoms with Crippen molar-refractivity contribution in [3.05, 3.63) is 35.9 Å². The van der Waals surface area contributed by atoms with Crippen LogP contribution in [0.2, 0.25) is 0 Å². The first-order valence-electron chi connectivity index (χ1n) is 9.95. The zero-order valence-corrected chi connectivity index (χ0v) is 16.0. The highest BCUT2D eigenvalue weighted by atomic mass is 16.2. The molecule has 142 valence electrons. The monoisotopic (exact) mass is 357 g/mol. The molecule has 1 N–H and O–H groups in total. The molecule has 0 aliphatic carbocycles. The van der Waals surface area contributed by atoms with Crippen LogP contribution in [0.4, 0.5) is 0 Å². The lowest BCUT2D eigenvalue weighted by Gasteiger charge is -2.32. The van der Waals surface area contributed by atoms with Crippen LogP contribution < -0.4 is 5.32 Å². The molecule has 5 heteroatoms. The van der Waals surface area contributed by atoms with Gasteiger partial charge in [0, 0.05) is 44.7 Å². The number of hydrogen-bond acceptors (Lipinski definition) is 3. The van der Waals surface area contributed by atoms with Gasteiger partial charge in [0.1, 0.15) is 0 Å². The van der Waals surface area contributed by atoms with Crippen LogP contribution in [-0.4, -0.2) is 53.8 Å². The Morgan fingerprint density at radius 3 is 2.65 bits per heavy atom. The fraction of sp³-hybridized carbons (Fsp3) is 0.619. The molecule has 1 aromatic rings. The molecule has 0 saturated carbocycles. The third kappa shape index (κ3) is 4.44. The zero-order valence-electron chi connectivity index (χ0n) is 16.0. The van der Waals surface area contributed by atoms with Crippen LogP contribution in [0.25, 0.3) is 0 Å². The Kier molecular flexibility index (Phi) is 6.30. The molecular weight excluding hydrogens is 326 g/mol. The SMILES string of the molecule is CCC(=O)N1CCC[C@H](C(=O)N[C@H]2CCN([C@@H](C)c3ccccc3)C2)C1. The average Bonchev–Trinajstić information content (AvgIpc) is 3.16. The Balaban J connectivity index is 1.50. The van der Waals surface area contributed by atoms with Crippen molar-refractivity contribution >= 4 is 11.8 Å². The van der Waals surface area contributed by atoms with Crippen LogP contribution in [-0.2, 0) is 9.59 Å². The molecule has 2 saturated heterocycles. The van der Waals surface area contributed by atoms with Gasteiger partial charge < -0.3 is 10.2 Å². The minimum atomic E-state index is -0.0557. The van der Waals surface area contributed by atoms with E-state index >= 15 is 0 Å². The van der Waals surface area contributed by atoms with Gasteiger partial charge in [0.15, 0.2) is 0 Å². The summed E-state index contributed by atoms with van der Waals surface area (Å²) in [7, 11) is 0. The first-order chi connectivity index (χ1) is 12.6. The number of hydrogen-bond donors (Lipinski definition) is 1. The summed E-state index contributed by atoms with van der Waals surface area (Å²) in [5.41, 5.74) is 1.32. The molecule has 3 rings (SSSR count). The predicted octanol–water partition coefficient (Wildman–Crippen LogP) is 2.59. The van der Waals surface area contributed by atoms with Crippen molar-refractivity contribution in [1.82, 2.24) is 15.1 Å². The van der Waals surface area contributed by atoms with E-state index in [1.165, 1.54) is 5.56 Å². The molecule has 2 aliphatic heterocycles. The number of carbonyl (C=O) groups excluding carboxylic acids is 2. The summed E-state index contributed by atoms with van der Waals surface area (Å²) in [5, 5.41) is 3.24. The molecular formula is C21H31N3O2. The minimum Gasteiger partial charge on any atom is -0.352 e. The van der Waals surface area contributed by atoms with E-state index in [-0.39, 0.29) is 23.8 Å². The van der Waals surface area contributed by atoms with Gasteiger partial charge in [-0.25, -0.2) is 0 Å². The summed E-state index contributed by atoms with van der Waals surface area (Å²) in [6, 6.07) is 11.1. The number of nitrogens with one attached hydrogen (secondary N) is 1. The van der Waals surface area contributed by atoms with Crippen LogP contribution >= 0.6 is 0 Å². The smallest absolute Gasteiger partial charge is 0.225 e. The predicted molar refractivity (Wildman–Crippen MR) is 103 cm³/mol. The second-order valence-electron chi connectivity index (χ2n) is 7.61. The van der Waals surface area contributed by atoms with Crippen molar-refractivity contribution in [2.45, 2.75) is 51.6 Å². The summed E-state index contributed by atoms with van der Waals surface area (Å²) >= 11 is 0. The Labute approximate surface area is 156 Å². The first-order valence-corrected chi connectivity index (χ1v) is 9.95. The van der Waals surface area contributed by atoms with Gasteiger partial charge in [-0.1, -0.05) is 37.3 Å². The summed E-state index contributed by atoms with van der Waals surface area (Å²) in [6.07, 6.45) is 3.32. The van der Waals surface area contributed by atoms with Gasteiger partial charge in [-0.3, -0.25) is 14.5 Å². The third-order valence-electron chi connectivity index (χ3n) is 5.84. The minimum absolute atomic E-state index is 0.0557. The van der Waals surface area contributed by atoms with Gasteiger partial charge in [0.05, 0.1) is 5.92 Å². The highest BCUT2D eigenvalue weighted by molar-refractivity contribution is 5.81. The maximum absolute atomic E-state index is 12.7. The second-order valence-corrected chi connectivity index (χ2v) is 7.61. The normalized spacial score (nSPS) is 25.1. The van der Waals surface area contributed by atoms with Gasteiger partial charge in [-0.05, 0) is 31.7 Å². The average molecular weight is 357 g/mol. The second kappa shape index (κ2) is 8.67. The molecule has 0 spiro atoms. The van der Waals surface area contributed by atoms with Crippen LogP contribution in [0.3, 0.4) is 0 Å². The summed E-state index contributed by atoms with van der Waals surface area (Å²) in [5.74, 6) is 0.226. The van der Waals surface area contributed by atoms with Crippen LogP contribution in [0, 0.1) is 5.92 Å². The van der Waals surface area contributed by atoms with Gasteiger partial charge in [0.2, 0.25) is 11.8 Å². The fourth-order valence-electron chi connectivity index (χ4n) is 4.16. The van der Waals surface area contributed by atoms with Crippen molar-refractivity contribution in [3.63, 3.8) is 0 Å². The highest BCUT2D eigenvalue weighted by Gasteiger charge is 2.32. The Bertz CT molecular complexity index is 619. The number of benzene rings is 1. The molecule has 2 amide bonds.